The van der Waals surface area contributed by atoms with Crippen LogP contribution in [-0.4, -0.2) is 41.0 Å². The van der Waals surface area contributed by atoms with Gasteiger partial charge in [0.15, 0.2) is 5.13 Å². The van der Waals surface area contributed by atoms with Gasteiger partial charge in [0.1, 0.15) is 16.4 Å². The highest BCUT2D eigenvalue weighted by atomic mass is 32.1. The number of aryl methyl sites for hydroxylation is 3. The standard InChI is InChI=1S/C28H28N2O6S/c1-6-35-19-12-13-20(16(4)14-19)23(31)21-22(18-10-8-15(3)9-11-18)30(26(33)24(21)32)28-29-17(5)25(37-28)27(34)36-7-2/h8-14,22,31H,6-7H2,1-5H3. The molecule has 1 saturated heterocycles. The predicted octanol–water partition coefficient (Wildman–Crippen LogP) is 5.27. The number of anilines is 1. The quantitative estimate of drug-likeness (QED) is 0.196. The highest BCUT2D eigenvalue weighted by molar-refractivity contribution is 7.17. The molecule has 3 aromatic rings. The lowest BCUT2D eigenvalue weighted by Crippen LogP contribution is -2.29. The molecule has 1 amide bonds. The smallest absolute Gasteiger partial charge is 0.350 e. The highest BCUT2D eigenvalue weighted by Crippen LogP contribution is 2.44. The van der Waals surface area contributed by atoms with Gasteiger partial charge in [0.05, 0.1) is 30.5 Å². The molecular weight excluding hydrogens is 492 g/mol. The molecule has 192 valence electrons. The van der Waals surface area contributed by atoms with Crippen molar-refractivity contribution in [3.63, 3.8) is 0 Å². The van der Waals surface area contributed by atoms with Gasteiger partial charge in [-0.15, -0.1) is 0 Å². The number of rotatable bonds is 7. The summed E-state index contributed by atoms with van der Waals surface area (Å²) < 4.78 is 10.7. The number of hydrogen-bond donors (Lipinski definition) is 1. The fourth-order valence-electron chi connectivity index (χ4n) is 4.27. The Kier molecular flexibility index (Phi) is 7.45. The molecule has 1 N–H and O–H groups in total. The van der Waals surface area contributed by atoms with Gasteiger partial charge in [-0.25, -0.2) is 9.78 Å². The average Bonchev–Trinajstić information content (AvgIpc) is 3.36. The lowest BCUT2D eigenvalue weighted by atomic mass is 9.93. The number of aromatic nitrogens is 1. The molecule has 37 heavy (non-hydrogen) atoms. The molecule has 1 unspecified atom stereocenters. The summed E-state index contributed by atoms with van der Waals surface area (Å²) in [6.07, 6.45) is 0. The second-order valence-corrected chi connectivity index (χ2v) is 9.60. The number of carbonyl (C=O) groups excluding carboxylic acids is 3. The van der Waals surface area contributed by atoms with Crippen molar-refractivity contribution in [1.82, 2.24) is 4.98 Å². The van der Waals surface area contributed by atoms with Crippen LogP contribution in [0.2, 0.25) is 0 Å². The minimum Gasteiger partial charge on any atom is -0.507 e. The highest BCUT2D eigenvalue weighted by Gasteiger charge is 2.48. The van der Waals surface area contributed by atoms with Crippen molar-refractivity contribution in [2.24, 2.45) is 0 Å². The van der Waals surface area contributed by atoms with Crippen LogP contribution in [0.4, 0.5) is 5.13 Å². The molecule has 1 atom stereocenters. The Morgan fingerprint density at radius 2 is 1.76 bits per heavy atom. The molecular formula is C28H28N2O6S. The zero-order chi connectivity index (χ0) is 26.9. The molecule has 8 nitrogen and oxygen atoms in total. The maximum Gasteiger partial charge on any atom is 0.350 e. The van der Waals surface area contributed by atoms with Gasteiger partial charge in [-0.2, -0.15) is 0 Å². The van der Waals surface area contributed by atoms with Crippen molar-refractivity contribution in [3.8, 4) is 5.75 Å². The van der Waals surface area contributed by atoms with Crippen molar-refractivity contribution in [1.29, 1.82) is 0 Å². The Balaban J connectivity index is 1.90. The van der Waals surface area contributed by atoms with Crippen LogP contribution in [-0.2, 0) is 14.3 Å². The third-order valence-corrected chi connectivity index (χ3v) is 7.19. The average molecular weight is 521 g/mol. The number of aliphatic hydroxyl groups is 1. The van der Waals surface area contributed by atoms with E-state index in [0.717, 1.165) is 16.9 Å². The zero-order valence-corrected chi connectivity index (χ0v) is 22.1. The predicted molar refractivity (Wildman–Crippen MR) is 141 cm³/mol. The van der Waals surface area contributed by atoms with E-state index < -0.39 is 23.7 Å². The van der Waals surface area contributed by atoms with Crippen LogP contribution < -0.4 is 9.64 Å². The Morgan fingerprint density at radius 3 is 2.38 bits per heavy atom. The van der Waals surface area contributed by atoms with Crippen molar-refractivity contribution in [2.75, 3.05) is 18.1 Å². The SMILES string of the molecule is CCOC(=O)c1sc(N2C(=O)C(=O)C(=C(O)c3ccc(OCC)cc3C)C2c2ccc(C)cc2)nc1C. The van der Waals surface area contributed by atoms with E-state index in [1.54, 1.807) is 39.0 Å². The van der Waals surface area contributed by atoms with E-state index in [0.29, 0.717) is 34.7 Å². The Hall–Kier alpha value is -3.98. The normalized spacial score (nSPS) is 16.8. The van der Waals surface area contributed by atoms with Gasteiger partial charge >= 0.3 is 11.9 Å². The Bertz CT molecular complexity index is 1410. The number of amides is 1. The first kappa shape index (κ1) is 26.1. The fourth-order valence-corrected chi connectivity index (χ4v) is 5.26. The van der Waals surface area contributed by atoms with Crippen molar-refractivity contribution < 1.29 is 29.0 Å². The summed E-state index contributed by atoms with van der Waals surface area (Å²) in [5.74, 6) is -1.86. The minimum absolute atomic E-state index is 0.0494. The number of carbonyl (C=O) groups is 3. The summed E-state index contributed by atoms with van der Waals surface area (Å²) in [6, 6.07) is 11.6. The molecule has 1 aliphatic rings. The van der Waals surface area contributed by atoms with Crippen LogP contribution >= 0.6 is 11.3 Å². The summed E-state index contributed by atoms with van der Waals surface area (Å²) >= 11 is 0.979. The minimum atomic E-state index is -0.938. The molecule has 0 bridgehead atoms. The van der Waals surface area contributed by atoms with E-state index in [-0.39, 0.29) is 27.9 Å². The monoisotopic (exact) mass is 520 g/mol. The maximum absolute atomic E-state index is 13.4. The van der Waals surface area contributed by atoms with E-state index in [9.17, 15) is 19.5 Å². The molecule has 0 saturated carbocycles. The van der Waals surface area contributed by atoms with E-state index in [4.69, 9.17) is 9.47 Å². The molecule has 2 heterocycles. The van der Waals surface area contributed by atoms with Gasteiger partial charge in [-0.1, -0.05) is 41.2 Å². The third kappa shape index (κ3) is 4.86. The largest absolute Gasteiger partial charge is 0.507 e. The summed E-state index contributed by atoms with van der Waals surface area (Å²) in [4.78, 5) is 45.2. The van der Waals surface area contributed by atoms with Crippen LogP contribution in [0, 0.1) is 20.8 Å². The third-order valence-electron chi connectivity index (χ3n) is 6.05. The molecule has 9 heteroatoms. The van der Waals surface area contributed by atoms with E-state index in [1.807, 2.05) is 38.1 Å². The van der Waals surface area contributed by atoms with Crippen LogP contribution in [0.25, 0.3) is 5.76 Å². The topological polar surface area (TPSA) is 106 Å². The second kappa shape index (κ2) is 10.6. The first-order chi connectivity index (χ1) is 17.7. The molecule has 0 aliphatic carbocycles. The summed E-state index contributed by atoms with van der Waals surface area (Å²) in [7, 11) is 0. The number of ketones is 1. The van der Waals surface area contributed by atoms with E-state index in [2.05, 4.69) is 4.98 Å². The molecule has 1 aromatic heterocycles. The number of Topliss-reactive ketones (excluding diaryl/α,β-unsaturated/α-hetero) is 1. The molecule has 0 spiro atoms. The maximum atomic E-state index is 13.4. The van der Waals surface area contributed by atoms with Crippen molar-refractivity contribution in [3.05, 3.63) is 80.9 Å². The summed E-state index contributed by atoms with van der Waals surface area (Å²) in [6.45, 7) is 9.64. The number of thiazole rings is 1. The van der Waals surface area contributed by atoms with Gasteiger partial charge in [-0.3, -0.25) is 14.5 Å². The first-order valence-corrected chi connectivity index (χ1v) is 12.7. The van der Waals surface area contributed by atoms with Crippen LogP contribution in [0.15, 0.2) is 48.0 Å². The van der Waals surface area contributed by atoms with Gasteiger partial charge in [0.2, 0.25) is 0 Å². The number of benzene rings is 2. The van der Waals surface area contributed by atoms with Gasteiger partial charge in [0, 0.05) is 5.56 Å². The molecule has 2 aromatic carbocycles. The van der Waals surface area contributed by atoms with Crippen LogP contribution in [0.1, 0.15) is 57.5 Å². The second-order valence-electron chi connectivity index (χ2n) is 8.62. The zero-order valence-electron chi connectivity index (χ0n) is 21.3. The summed E-state index contributed by atoms with van der Waals surface area (Å²) in [5, 5.41) is 11.6. The van der Waals surface area contributed by atoms with Crippen molar-refractivity contribution >= 4 is 39.9 Å². The first-order valence-electron chi connectivity index (χ1n) is 11.9. The fraction of sp³-hybridized carbons (Fsp3) is 0.286. The number of aliphatic hydroxyl groups excluding tert-OH is 1. The number of ether oxygens (including phenoxy) is 2. The van der Waals surface area contributed by atoms with E-state index in [1.165, 1.54) is 4.90 Å². The number of hydrogen-bond acceptors (Lipinski definition) is 8. The van der Waals surface area contributed by atoms with Crippen LogP contribution in [0.3, 0.4) is 0 Å². The van der Waals surface area contributed by atoms with Gasteiger partial charge in [-0.05, 0) is 63.9 Å². The molecule has 1 fully saturated rings. The molecule has 1 aliphatic heterocycles. The van der Waals surface area contributed by atoms with Crippen LogP contribution in [0.5, 0.6) is 5.75 Å². The number of nitrogens with zero attached hydrogens (tertiary/aromatic N) is 2. The Morgan fingerprint density at radius 1 is 1.05 bits per heavy atom. The Labute approximate surface area is 219 Å². The molecule has 4 rings (SSSR count). The summed E-state index contributed by atoms with van der Waals surface area (Å²) in [5.41, 5.74) is 3.07. The lowest BCUT2D eigenvalue weighted by Gasteiger charge is -2.23. The van der Waals surface area contributed by atoms with Gasteiger partial charge < -0.3 is 14.6 Å². The van der Waals surface area contributed by atoms with Crippen molar-refractivity contribution in [2.45, 2.75) is 40.7 Å². The van der Waals surface area contributed by atoms with Gasteiger partial charge in [0.25, 0.3) is 5.78 Å². The number of esters is 1. The van der Waals surface area contributed by atoms with E-state index >= 15 is 0 Å². The molecule has 0 radical (unpaired) electrons. The lowest BCUT2D eigenvalue weighted by molar-refractivity contribution is -0.132.